The number of amides is 1. The first-order valence-corrected chi connectivity index (χ1v) is 5.19. The van der Waals surface area contributed by atoms with Crippen molar-refractivity contribution in [2.75, 3.05) is 13.2 Å². The Balaban J connectivity index is 2.37. The topological polar surface area (TPSA) is 38.3 Å². The molecule has 1 rings (SSSR count). The predicted molar refractivity (Wildman–Crippen MR) is 59.9 cm³/mol. The summed E-state index contributed by atoms with van der Waals surface area (Å²) in [6.45, 7) is 4.87. The molecule has 0 saturated carbocycles. The second kappa shape index (κ2) is 6.06. The molecule has 3 nitrogen and oxygen atoms in total. The van der Waals surface area contributed by atoms with Gasteiger partial charge in [0.05, 0.1) is 6.61 Å². The smallest absolute Gasteiger partial charge is 0.407 e. The van der Waals surface area contributed by atoms with Crippen LogP contribution in [0.2, 0.25) is 0 Å². The second-order valence-electron chi connectivity index (χ2n) is 3.41. The quantitative estimate of drug-likeness (QED) is 0.824. The molecule has 3 heteroatoms. The monoisotopic (exact) mass is 207 g/mol. The lowest BCUT2D eigenvalue weighted by atomic mass is 10.0. The Morgan fingerprint density at radius 2 is 2.07 bits per heavy atom. The number of benzene rings is 1. The molecule has 82 valence electrons. The van der Waals surface area contributed by atoms with Crippen molar-refractivity contribution in [2.24, 2.45) is 0 Å². The first kappa shape index (κ1) is 11.6. The Hall–Kier alpha value is -1.51. The molecule has 0 aliphatic heterocycles. The number of hydrogen-bond acceptors (Lipinski definition) is 2. The normalized spacial score (nSPS) is 11.9. The molecule has 0 radical (unpaired) electrons. The Morgan fingerprint density at radius 1 is 1.40 bits per heavy atom. The van der Waals surface area contributed by atoms with Gasteiger partial charge in [0.1, 0.15) is 0 Å². The maximum absolute atomic E-state index is 11.0. The molecule has 1 atom stereocenters. The fourth-order valence-corrected chi connectivity index (χ4v) is 1.32. The molecule has 0 saturated heterocycles. The van der Waals surface area contributed by atoms with E-state index in [1.807, 2.05) is 18.2 Å². The van der Waals surface area contributed by atoms with E-state index in [1.54, 1.807) is 6.92 Å². The molecule has 1 unspecified atom stereocenters. The molecule has 0 spiro atoms. The molecule has 0 aromatic heterocycles. The standard InChI is InChI=1S/C12H17NO2/c1-3-15-12(14)13-9-10(2)11-7-5-4-6-8-11/h4-8,10H,3,9H2,1-2H3,(H,13,14). The third-order valence-corrected chi connectivity index (χ3v) is 2.20. The molecule has 1 amide bonds. The molecule has 0 aliphatic rings. The average molecular weight is 207 g/mol. The van der Waals surface area contributed by atoms with E-state index in [0.717, 1.165) is 0 Å². The van der Waals surface area contributed by atoms with Crippen LogP contribution in [0.5, 0.6) is 0 Å². The van der Waals surface area contributed by atoms with Gasteiger partial charge in [0.25, 0.3) is 0 Å². The van der Waals surface area contributed by atoms with E-state index >= 15 is 0 Å². The van der Waals surface area contributed by atoms with Crippen LogP contribution in [0.25, 0.3) is 0 Å². The summed E-state index contributed by atoms with van der Waals surface area (Å²) in [5.74, 6) is 0.301. The van der Waals surface area contributed by atoms with Crippen LogP contribution < -0.4 is 5.32 Å². The molecular weight excluding hydrogens is 190 g/mol. The lowest BCUT2D eigenvalue weighted by Gasteiger charge is -2.12. The molecule has 0 fully saturated rings. The van der Waals surface area contributed by atoms with Crippen LogP contribution in [0.15, 0.2) is 30.3 Å². The minimum atomic E-state index is -0.347. The van der Waals surface area contributed by atoms with Gasteiger partial charge in [-0.15, -0.1) is 0 Å². The largest absolute Gasteiger partial charge is 0.450 e. The second-order valence-corrected chi connectivity index (χ2v) is 3.41. The summed E-state index contributed by atoms with van der Waals surface area (Å²) in [6, 6.07) is 10.1. The van der Waals surface area contributed by atoms with Crippen LogP contribution in [0, 0.1) is 0 Å². The van der Waals surface area contributed by atoms with Crippen LogP contribution in [-0.4, -0.2) is 19.2 Å². The van der Waals surface area contributed by atoms with Crippen molar-refractivity contribution in [1.29, 1.82) is 0 Å². The van der Waals surface area contributed by atoms with Gasteiger partial charge >= 0.3 is 6.09 Å². The highest BCUT2D eigenvalue weighted by Crippen LogP contribution is 2.12. The molecule has 15 heavy (non-hydrogen) atoms. The third kappa shape index (κ3) is 4.02. The molecule has 1 aromatic rings. The Bertz CT molecular complexity index is 298. The number of hydrogen-bond donors (Lipinski definition) is 1. The van der Waals surface area contributed by atoms with Gasteiger partial charge in [-0.1, -0.05) is 37.3 Å². The fraction of sp³-hybridized carbons (Fsp3) is 0.417. The Kier molecular flexibility index (Phi) is 4.68. The maximum Gasteiger partial charge on any atom is 0.407 e. The van der Waals surface area contributed by atoms with E-state index in [0.29, 0.717) is 19.1 Å². The number of alkyl carbamates (subject to hydrolysis) is 1. The average Bonchev–Trinajstić information content (AvgIpc) is 2.27. The highest BCUT2D eigenvalue weighted by Gasteiger charge is 2.06. The van der Waals surface area contributed by atoms with Crippen LogP contribution in [0.3, 0.4) is 0 Å². The highest BCUT2D eigenvalue weighted by atomic mass is 16.5. The fourth-order valence-electron chi connectivity index (χ4n) is 1.32. The van der Waals surface area contributed by atoms with Crippen molar-refractivity contribution in [3.05, 3.63) is 35.9 Å². The van der Waals surface area contributed by atoms with Gasteiger partial charge in [0.15, 0.2) is 0 Å². The Morgan fingerprint density at radius 3 is 2.67 bits per heavy atom. The molecule has 1 aromatic carbocycles. The van der Waals surface area contributed by atoms with E-state index in [-0.39, 0.29) is 6.09 Å². The highest BCUT2D eigenvalue weighted by molar-refractivity contribution is 5.67. The van der Waals surface area contributed by atoms with Gasteiger partial charge in [-0.3, -0.25) is 0 Å². The summed E-state index contributed by atoms with van der Waals surface area (Å²) in [4.78, 5) is 11.0. The lowest BCUT2D eigenvalue weighted by molar-refractivity contribution is 0.151. The van der Waals surface area contributed by atoms with E-state index in [9.17, 15) is 4.79 Å². The number of nitrogens with one attached hydrogen (secondary N) is 1. The van der Waals surface area contributed by atoms with E-state index < -0.39 is 0 Å². The summed E-state index contributed by atoms with van der Waals surface area (Å²) in [5.41, 5.74) is 1.22. The van der Waals surface area contributed by atoms with Gasteiger partial charge in [0, 0.05) is 6.54 Å². The third-order valence-electron chi connectivity index (χ3n) is 2.20. The van der Waals surface area contributed by atoms with Crippen molar-refractivity contribution in [2.45, 2.75) is 19.8 Å². The number of carbonyl (C=O) groups is 1. The summed E-state index contributed by atoms with van der Waals surface area (Å²) >= 11 is 0. The summed E-state index contributed by atoms with van der Waals surface area (Å²) in [6.07, 6.45) is -0.347. The van der Waals surface area contributed by atoms with Crippen molar-refractivity contribution >= 4 is 6.09 Å². The van der Waals surface area contributed by atoms with Crippen molar-refractivity contribution in [3.8, 4) is 0 Å². The van der Waals surface area contributed by atoms with Crippen molar-refractivity contribution in [1.82, 2.24) is 5.32 Å². The maximum atomic E-state index is 11.0. The van der Waals surface area contributed by atoms with E-state index in [4.69, 9.17) is 4.74 Å². The SMILES string of the molecule is CCOC(=O)NCC(C)c1ccccc1. The minimum Gasteiger partial charge on any atom is -0.450 e. The zero-order chi connectivity index (χ0) is 11.1. The zero-order valence-corrected chi connectivity index (χ0v) is 9.19. The molecule has 0 heterocycles. The summed E-state index contributed by atoms with van der Waals surface area (Å²) in [5, 5.41) is 2.72. The first-order valence-electron chi connectivity index (χ1n) is 5.19. The number of carbonyl (C=O) groups excluding carboxylic acids is 1. The molecule has 0 aliphatic carbocycles. The molecule has 0 bridgehead atoms. The predicted octanol–water partition coefficient (Wildman–Crippen LogP) is 2.54. The van der Waals surface area contributed by atoms with Crippen molar-refractivity contribution < 1.29 is 9.53 Å². The van der Waals surface area contributed by atoms with Crippen LogP contribution in [0.4, 0.5) is 4.79 Å². The van der Waals surface area contributed by atoms with Gasteiger partial charge < -0.3 is 10.1 Å². The van der Waals surface area contributed by atoms with Gasteiger partial charge in [-0.25, -0.2) is 4.79 Å². The van der Waals surface area contributed by atoms with Crippen LogP contribution >= 0.6 is 0 Å². The van der Waals surface area contributed by atoms with Crippen LogP contribution in [-0.2, 0) is 4.74 Å². The number of ether oxygens (including phenoxy) is 1. The summed E-state index contributed by atoms with van der Waals surface area (Å²) < 4.78 is 4.78. The van der Waals surface area contributed by atoms with Gasteiger partial charge in [0.2, 0.25) is 0 Å². The first-order chi connectivity index (χ1) is 7.24. The number of rotatable bonds is 4. The molecule has 1 N–H and O–H groups in total. The van der Waals surface area contributed by atoms with Gasteiger partial charge in [-0.05, 0) is 18.4 Å². The van der Waals surface area contributed by atoms with Crippen molar-refractivity contribution in [3.63, 3.8) is 0 Å². The van der Waals surface area contributed by atoms with E-state index in [2.05, 4.69) is 24.4 Å². The van der Waals surface area contributed by atoms with Gasteiger partial charge in [-0.2, -0.15) is 0 Å². The Labute approximate surface area is 90.4 Å². The zero-order valence-electron chi connectivity index (χ0n) is 9.19. The lowest BCUT2D eigenvalue weighted by Crippen LogP contribution is -2.28. The van der Waals surface area contributed by atoms with Crippen LogP contribution in [0.1, 0.15) is 25.3 Å². The van der Waals surface area contributed by atoms with E-state index in [1.165, 1.54) is 5.56 Å². The minimum absolute atomic E-state index is 0.301. The molecular formula is C12H17NO2. The summed E-state index contributed by atoms with van der Waals surface area (Å²) in [7, 11) is 0.